The molecule has 0 heterocycles. The zero-order valence-electron chi connectivity index (χ0n) is 11.3. The number of carbonyl (C=O) groups is 1. The molecule has 0 atom stereocenters. The van der Waals surface area contributed by atoms with Crippen LogP contribution in [0.4, 0.5) is 0 Å². The van der Waals surface area contributed by atoms with Crippen molar-refractivity contribution in [2.45, 2.75) is 26.7 Å². The van der Waals surface area contributed by atoms with Gasteiger partial charge in [-0.25, -0.2) is 5.43 Å². The number of hydrazone groups is 1. The average molecular weight is 258 g/mol. The number of rotatable bonds is 4. The van der Waals surface area contributed by atoms with E-state index in [9.17, 15) is 4.79 Å². The summed E-state index contributed by atoms with van der Waals surface area (Å²) in [6.07, 6.45) is 3.94. The van der Waals surface area contributed by atoms with Crippen LogP contribution >= 0.6 is 0 Å². The van der Waals surface area contributed by atoms with Gasteiger partial charge in [-0.15, -0.1) is 0 Å². The largest absolute Gasteiger partial charge is 0.494 e. The molecule has 1 aromatic carbocycles. The number of nitrogens with one attached hydrogen (secondary N) is 1. The summed E-state index contributed by atoms with van der Waals surface area (Å²) in [7, 11) is 0. The molecule has 19 heavy (non-hydrogen) atoms. The molecule has 0 radical (unpaired) electrons. The predicted octanol–water partition coefficient (Wildman–Crippen LogP) is 2.91. The van der Waals surface area contributed by atoms with Crippen LogP contribution in [-0.4, -0.2) is 18.2 Å². The Morgan fingerprint density at radius 1 is 1.32 bits per heavy atom. The Morgan fingerprint density at radius 2 is 2.05 bits per heavy atom. The molecular weight excluding hydrogens is 240 g/mol. The third-order valence-corrected chi connectivity index (χ3v) is 2.92. The summed E-state index contributed by atoms with van der Waals surface area (Å²) >= 11 is 0. The van der Waals surface area contributed by atoms with Gasteiger partial charge in [-0.05, 0) is 57.0 Å². The van der Waals surface area contributed by atoms with Crippen LogP contribution in [0.3, 0.4) is 0 Å². The molecule has 0 saturated carbocycles. The highest BCUT2D eigenvalue weighted by atomic mass is 16.5. The molecule has 0 bridgehead atoms. The van der Waals surface area contributed by atoms with E-state index in [4.69, 9.17) is 4.74 Å². The smallest absolute Gasteiger partial charge is 0.271 e. The summed E-state index contributed by atoms with van der Waals surface area (Å²) in [5, 5.41) is 4.12. The Morgan fingerprint density at radius 3 is 2.63 bits per heavy atom. The van der Waals surface area contributed by atoms with E-state index < -0.39 is 0 Å². The fourth-order valence-electron chi connectivity index (χ4n) is 1.90. The molecule has 4 heteroatoms. The lowest BCUT2D eigenvalue weighted by Crippen LogP contribution is -2.18. The van der Waals surface area contributed by atoms with Crippen molar-refractivity contribution in [2.24, 2.45) is 5.10 Å². The van der Waals surface area contributed by atoms with Crippen LogP contribution in [0.5, 0.6) is 5.75 Å². The molecule has 1 N–H and O–H groups in total. The molecule has 0 aromatic heterocycles. The van der Waals surface area contributed by atoms with Crippen molar-refractivity contribution in [2.75, 3.05) is 6.61 Å². The molecule has 0 fully saturated rings. The fourth-order valence-corrected chi connectivity index (χ4v) is 1.90. The van der Waals surface area contributed by atoms with Crippen molar-refractivity contribution in [1.29, 1.82) is 0 Å². The van der Waals surface area contributed by atoms with E-state index in [1.165, 1.54) is 5.57 Å². The van der Waals surface area contributed by atoms with Gasteiger partial charge in [0.2, 0.25) is 0 Å². The second-order valence-electron chi connectivity index (χ2n) is 4.49. The van der Waals surface area contributed by atoms with Crippen LogP contribution in [0, 0.1) is 0 Å². The summed E-state index contributed by atoms with van der Waals surface area (Å²) in [6.45, 7) is 4.61. The van der Waals surface area contributed by atoms with Gasteiger partial charge in [0, 0.05) is 5.56 Å². The number of hydrogen-bond acceptors (Lipinski definition) is 3. The third kappa shape index (κ3) is 3.68. The highest BCUT2D eigenvalue weighted by Crippen LogP contribution is 2.15. The highest BCUT2D eigenvalue weighted by molar-refractivity contribution is 6.00. The van der Waals surface area contributed by atoms with Crippen LogP contribution in [0.1, 0.15) is 37.0 Å². The molecule has 0 saturated heterocycles. The van der Waals surface area contributed by atoms with E-state index in [0.29, 0.717) is 12.2 Å². The van der Waals surface area contributed by atoms with Gasteiger partial charge in [0.25, 0.3) is 5.91 Å². The van der Waals surface area contributed by atoms with Crippen LogP contribution in [0.15, 0.2) is 41.0 Å². The Balaban J connectivity index is 1.96. The zero-order valence-corrected chi connectivity index (χ0v) is 11.3. The first kappa shape index (κ1) is 13.3. The molecule has 0 spiro atoms. The summed E-state index contributed by atoms with van der Waals surface area (Å²) < 4.78 is 5.33. The molecule has 1 amide bonds. The topological polar surface area (TPSA) is 50.7 Å². The summed E-state index contributed by atoms with van der Waals surface area (Å²) in [5.41, 5.74) is 5.38. The van der Waals surface area contributed by atoms with E-state index in [2.05, 4.69) is 17.5 Å². The lowest BCUT2D eigenvalue weighted by molar-refractivity contribution is 0.0955. The van der Waals surface area contributed by atoms with Gasteiger partial charge in [-0.1, -0.05) is 5.57 Å². The lowest BCUT2D eigenvalue weighted by atomic mass is 10.2. The zero-order chi connectivity index (χ0) is 13.7. The Labute approximate surface area is 113 Å². The number of benzene rings is 1. The Kier molecular flexibility index (Phi) is 4.34. The predicted molar refractivity (Wildman–Crippen MR) is 75.5 cm³/mol. The third-order valence-electron chi connectivity index (χ3n) is 2.92. The van der Waals surface area contributed by atoms with E-state index >= 15 is 0 Å². The first-order valence-corrected chi connectivity index (χ1v) is 6.46. The van der Waals surface area contributed by atoms with Gasteiger partial charge >= 0.3 is 0 Å². The molecule has 2 rings (SSSR count). The van der Waals surface area contributed by atoms with Gasteiger partial charge in [-0.3, -0.25) is 4.79 Å². The van der Waals surface area contributed by atoms with Crippen LogP contribution in [-0.2, 0) is 0 Å². The molecule has 100 valence electrons. The summed E-state index contributed by atoms with van der Waals surface area (Å²) in [4.78, 5) is 11.9. The summed E-state index contributed by atoms with van der Waals surface area (Å²) in [5.74, 6) is 0.563. The molecule has 1 aromatic rings. The summed E-state index contributed by atoms with van der Waals surface area (Å²) in [6, 6.07) is 7.03. The monoisotopic (exact) mass is 258 g/mol. The van der Waals surface area contributed by atoms with E-state index in [1.54, 1.807) is 24.3 Å². The SMILES string of the molecule is CCOc1ccc(C(=O)NN=C2C=C(C)CC2)cc1. The number of hydrogen-bond donors (Lipinski definition) is 1. The number of nitrogens with zero attached hydrogens (tertiary/aromatic N) is 1. The van der Waals surface area contributed by atoms with Gasteiger partial charge in [-0.2, -0.15) is 5.10 Å². The van der Waals surface area contributed by atoms with Crippen molar-refractivity contribution in [1.82, 2.24) is 5.43 Å². The molecule has 4 nitrogen and oxygen atoms in total. The van der Waals surface area contributed by atoms with Crippen LogP contribution in [0.2, 0.25) is 0 Å². The van der Waals surface area contributed by atoms with E-state index in [1.807, 2.05) is 13.0 Å². The number of carbonyl (C=O) groups excluding carboxylic acids is 1. The second-order valence-corrected chi connectivity index (χ2v) is 4.49. The molecule has 0 aliphatic heterocycles. The molecule has 0 unspecified atom stereocenters. The van der Waals surface area contributed by atoms with E-state index in [0.717, 1.165) is 24.3 Å². The Bertz CT molecular complexity index is 515. The van der Waals surface area contributed by atoms with Crippen molar-refractivity contribution in [3.8, 4) is 5.75 Å². The second kappa shape index (κ2) is 6.18. The lowest BCUT2D eigenvalue weighted by Gasteiger charge is -2.04. The maximum atomic E-state index is 11.9. The van der Waals surface area contributed by atoms with Crippen LogP contribution in [0.25, 0.3) is 0 Å². The highest BCUT2D eigenvalue weighted by Gasteiger charge is 2.08. The minimum absolute atomic E-state index is 0.200. The fraction of sp³-hybridized carbons (Fsp3) is 0.333. The maximum absolute atomic E-state index is 11.9. The first-order chi connectivity index (χ1) is 9.19. The maximum Gasteiger partial charge on any atom is 0.271 e. The molecule has 1 aliphatic rings. The Hall–Kier alpha value is -2.10. The first-order valence-electron chi connectivity index (χ1n) is 6.46. The van der Waals surface area contributed by atoms with Crippen molar-refractivity contribution >= 4 is 11.6 Å². The quantitative estimate of drug-likeness (QED) is 0.844. The van der Waals surface area contributed by atoms with Gasteiger partial charge in [0.15, 0.2) is 0 Å². The van der Waals surface area contributed by atoms with Crippen LogP contribution < -0.4 is 10.2 Å². The van der Waals surface area contributed by atoms with Gasteiger partial charge in [0.1, 0.15) is 5.75 Å². The van der Waals surface area contributed by atoms with Crippen molar-refractivity contribution < 1.29 is 9.53 Å². The normalized spacial score (nSPS) is 16.3. The molecule has 1 aliphatic carbocycles. The van der Waals surface area contributed by atoms with Crippen molar-refractivity contribution in [3.05, 3.63) is 41.5 Å². The molecular formula is C15H18N2O2. The number of amides is 1. The number of allylic oxidation sites excluding steroid dienone is 2. The van der Waals surface area contributed by atoms with Gasteiger partial charge < -0.3 is 4.74 Å². The standard InChI is InChI=1S/C15H18N2O2/c1-3-19-14-8-5-12(6-9-14)15(18)17-16-13-7-4-11(2)10-13/h5-6,8-10H,3-4,7H2,1-2H3,(H,17,18). The van der Waals surface area contributed by atoms with Gasteiger partial charge in [0.05, 0.1) is 12.3 Å². The minimum Gasteiger partial charge on any atom is -0.494 e. The van der Waals surface area contributed by atoms with E-state index in [-0.39, 0.29) is 5.91 Å². The number of ether oxygens (including phenoxy) is 1. The average Bonchev–Trinajstić information content (AvgIpc) is 2.83. The minimum atomic E-state index is -0.200. The van der Waals surface area contributed by atoms with Crippen molar-refractivity contribution in [3.63, 3.8) is 0 Å².